The molecule has 0 aromatic rings. The molecule has 1 rings (SSSR count). The minimum absolute atomic E-state index is 0.257. The monoisotopic (exact) mass is 220 g/mol. The van der Waals surface area contributed by atoms with E-state index in [1.807, 2.05) is 7.05 Å². The van der Waals surface area contributed by atoms with E-state index in [1.165, 1.54) is 19.1 Å². The van der Waals surface area contributed by atoms with Gasteiger partial charge in [0.1, 0.15) is 9.84 Å². The molecule has 5 heteroatoms. The predicted molar refractivity (Wildman–Crippen MR) is 58.2 cm³/mol. The molecular formula is C9H20N2O2S. The van der Waals surface area contributed by atoms with E-state index in [4.69, 9.17) is 0 Å². The summed E-state index contributed by atoms with van der Waals surface area (Å²) in [5.74, 6) is 0.257. The quantitative estimate of drug-likeness (QED) is 0.641. The van der Waals surface area contributed by atoms with Crippen molar-refractivity contribution >= 4 is 9.84 Å². The second-order valence-corrected chi connectivity index (χ2v) is 6.42. The van der Waals surface area contributed by atoms with Crippen molar-refractivity contribution in [3.8, 4) is 0 Å². The fraction of sp³-hybridized carbons (Fsp3) is 1.00. The van der Waals surface area contributed by atoms with Crippen LogP contribution >= 0.6 is 0 Å². The molecular weight excluding hydrogens is 200 g/mol. The first-order valence-electron chi connectivity index (χ1n) is 5.07. The minimum Gasteiger partial charge on any atom is -0.313 e. The molecule has 0 bridgehead atoms. The number of hydrogen-bond acceptors (Lipinski definition) is 4. The number of sulfone groups is 1. The van der Waals surface area contributed by atoms with Crippen LogP contribution in [-0.2, 0) is 9.84 Å². The van der Waals surface area contributed by atoms with Crippen LogP contribution in [0, 0.1) is 0 Å². The lowest BCUT2D eigenvalue weighted by atomic mass is 10.5. The van der Waals surface area contributed by atoms with Gasteiger partial charge in [0.05, 0.1) is 5.75 Å². The molecule has 0 aromatic heterocycles. The Morgan fingerprint density at radius 3 is 2.50 bits per heavy atom. The van der Waals surface area contributed by atoms with E-state index in [0.717, 1.165) is 19.1 Å². The zero-order chi connectivity index (χ0) is 10.6. The lowest BCUT2D eigenvalue weighted by Gasteiger charge is -2.15. The van der Waals surface area contributed by atoms with E-state index >= 15 is 0 Å². The zero-order valence-corrected chi connectivity index (χ0v) is 9.81. The predicted octanol–water partition coefficient (Wildman–Crippen LogP) is -0.285. The molecule has 1 aliphatic carbocycles. The highest BCUT2D eigenvalue weighted by molar-refractivity contribution is 7.90. The van der Waals surface area contributed by atoms with Crippen LogP contribution in [0.5, 0.6) is 0 Å². The van der Waals surface area contributed by atoms with Crippen molar-refractivity contribution in [3.63, 3.8) is 0 Å². The van der Waals surface area contributed by atoms with Crippen molar-refractivity contribution in [2.24, 2.45) is 0 Å². The summed E-state index contributed by atoms with van der Waals surface area (Å²) in [6, 6.07) is 0.735. The van der Waals surface area contributed by atoms with Crippen LogP contribution in [0.2, 0.25) is 0 Å². The third kappa shape index (κ3) is 6.34. The maximum Gasteiger partial charge on any atom is 0.148 e. The molecule has 0 heterocycles. The molecule has 1 N–H and O–H groups in total. The number of likely N-dealkylation sites (N-methyl/N-ethyl adjacent to an activating group) is 1. The summed E-state index contributed by atoms with van der Waals surface area (Å²) in [4.78, 5) is 2.05. The summed E-state index contributed by atoms with van der Waals surface area (Å²) in [5.41, 5.74) is 0. The van der Waals surface area contributed by atoms with Crippen molar-refractivity contribution in [2.45, 2.75) is 18.9 Å². The average molecular weight is 220 g/mol. The van der Waals surface area contributed by atoms with E-state index in [-0.39, 0.29) is 5.75 Å². The topological polar surface area (TPSA) is 49.4 Å². The van der Waals surface area contributed by atoms with Crippen LogP contribution in [0.25, 0.3) is 0 Å². The third-order valence-electron chi connectivity index (χ3n) is 2.35. The van der Waals surface area contributed by atoms with Crippen LogP contribution < -0.4 is 5.32 Å². The Bertz CT molecular complexity index is 260. The SMILES string of the molecule is CN(CCNC1CC1)CCS(C)(=O)=O. The van der Waals surface area contributed by atoms with Gasteiger partial charge in [-0.05, 0) is 19.9 Å². The highest BCUT2D eigenvalue weighted by Gasteiger charge is 2.19. The summed E-state index contributed by atoms with van der Waals surface area (Å²) in [5, 5.41) is 3.39. The maximum atomic E-state index is 10.9. The van der Waals surface area contributed by atoms with Crippen LogP contribution in [0.4, 0.5) is 0 Å². The molecule has 0 unspecified atom stereocenters. The summed E-state index contributed by atoms with van der Waals surface area (Å²) in [6.07, 6.45) is 3.88. The summed E-state index contributed by atoms with van der Waals surface area (Å²) >= 11 is 0. The molecule has 0 aromatic carbocycles. The molecule has 1 fully saturated rings. The number of nitrogens with one attached hydrogen (secondary N) is 1. The highest BCUT2D eigenvalue weighted by atomic mass is 32.2. The van der Waals surface area contributed by atoms with Crippen molar-refractivity contribution in [3.05, 3.63) is 0 Å². The van der Waals surface area contributed by atoms with Crippen molar-refractivity contribution in [1.29, 1.82) is 0 Å². The van der Waals surface area contributed by atoms with E-state index in [1.54, 1.807) is 0 Å². The van der Waals surface area contributed by atoms with E-state index < -0.39 is 9.84 Å². The van der Waals surface area contributed by atoms with Gasteiger partial charge >= 0.3 is 0 Å². The smallest absolute Gasteiger partial charge is 0.148 e. The first-order chi connectivity index (χ1) is 6.47. The van der Waals surface area contributed by atoms with Crippen LogP contribution in [0.1, 0.15) is 12.8 Å². The van der Waals surface area contributed by atoms with Gasteiger partial charge in [0, 0.05) is 31.9 Å². The molecule has 0 radical (unpaired) electrons. The van der Waals surface area contributed by atoms with Gasteiger partial charge in [0.15, 0.2) is 0 Å². The van der Waals surface area contributed by atoms with Gasteiger partial charge in [-0.3, -0.25) is 0 Å². The summed E-state index contributed by atoms with van der Waals surface area (Å²) in [7, 11) is -0.852. The van der Waals surface area contributed by atoms with Gasteiger partial charge in [-0.2, -0.15) is 0 Å². The van der Waals surface area contributed by atoms with E-state index in [0.29, 0.717) is 6.54 Å². The number of nitrogens with zero attached hydrogens (tertiary/aromatic N) is 1. The Labute approximate surface area is 86.6 Å². The van der Waals surface area contributed by atoms with Crippen molar-refractivity contribution < 1.29 is 8.42 Å². The molecule has 0 amide bonds. The van der Waals surface area contributed by atoms with Gasteiger partial charge in [-0.25, -0.2) is 8.42 Å². The molecule has 0 atom stereocenters. The number of rotatable bonds is 7. The van der Waals surface area contributed by atoms with Crippen molar-refractivity contribution in [1.82, 2.24) is 10.2 Å². The molecule has 0 saturated heterocycles. The molecule has 1 saturated carbocycles. The fourth-order valence-corrected chi connectivity index (χ4v) is 1.82. The van der Waals surface area contributed by atoms with Crippen LogP contribution in [0.15, 0.2) is 0 Å². The Kier molecular flexibility index (Phi) is 4.34. The largest absolute Gasteiger partial charge is 0.313 e. The summed E-state index contributed by atoms with van der Waals surface area (Å²) < 4.78 is 21.8. The zero-order valence-electron chi connectivity index (χ0n) is 8.99. The lowest BCUT2D eigenvalue weighted by Crippen LogP contribution is -2.33. The second kappa shape index (κ2) is 5.09. The van der Waals surface area contributed by atoms with Crippen LogP contribution in [-0.4, -0.2) is 58.1 Å². The van der Waals surface area contributed by atoms with E-state index in [2.05, 4.69) is 10.2 Å². The molecule has 84 valence electrons. The Morgan fingerprint density at radius 2 is 2.00 bits per heavy atom. The van der Waals surface area contributed by atoms with Gasteiger partial charge in [-0.1, -0.05) is 0 Å². The van der Waals surface area contributed by atoms with Gasteiger partial charge in [0.25, 0.3) is 0 Å². The highest BCUT2D eigenvalue weighted by Crippen LogP contribution is 2.17. The Balaban J connectivity index is 1.99. The maximum absolute atomic E-state index is 10.9. The molecule has 0 aliphatic heterocycles. The van der Waals surface area contributed by atoms with E-state index in [9.17, 15) is 8.42 Å². The first-order valence-corrected chi connectivity index (χ1v) is 7.13. The standard InChI is InChI=1S/C9H20N2O2S/c1-11(7-8-14(2,12)13)6-5-10-9-3-4-9/h9-10H,3-8H2,1-2H3. The molecule has 0 spiro atoms. The van der Waals surface area contributed by atoms with Gasteiger partial charge < -0.3 is 10.2 Å². The van der Waals surface area contributed by atoms with Crippen molar-refractivity contribution in [2.75, 3.05) is 38.7 Å². The second-order valence-electron chi connectivity index (χ2n) is 4.16. The normalized spacial score (nSPS) is 17.6. The van der Waals surface area contributed by atoms with Gasteiger partial charge in [-0.15, -0.1) is 0 Å². The lowest BCUT2D eigenvalue weighted by molar-refractivity contribution is 0.349. The third-order valence-corrected chi connectivity index (χ3v) is 3.27. The number of hydrogen-bond donors (Lipinski definition) is 1. The fourth-order valence-electron chi connectivity index (χ4n) is 1.18. The Morgan fingerprint density at radius 1 is 1.36 bits per heavy atom. The van der Waals surface area contributed by atoms with Crippen LogP contribution in [0.3, 0.4) is 0 Å². The molecule has 1 aliphatic rings. The first kappa shape index (κ1) is 11.9. The Hall–Kier alpha value is -0.130. The molecule has 4 nitrogen and oxygen atoms in total. The summed E-state index contributed by atoms with van der Waals surface area (Å²) in [6.45, 7) is 2.52. The average Bonchev–Trinajstić information content (AvgIpc) is 2.83. The minimum atomic E-state index is -2.81. The molecule has 14 heavy (non-hydrogen) atoms. The van der Waals surface area contributed by atoms with Gasteiger partial charge in [0.2, 0.25) is 0 Å².